The normalized spacial score (nSPS) is 13.4. The number of benzene rings is 3. The number of aromatic nitrogens is 2. The zero-order chi connectivity index (χ0) is 20.8. The second kappa shape index (κ2) is 7.33. The number of hydrogen-bond donors (Lipinski definition) is 0. The molecule has 0 amide bonds. The van der Waals surface area contributed by atoms with Gasteiger partial charge in [-0.25, -0.2) is 13.8 Å². The fourth-order valence-corrected chi connectivity index (χ4v) is 4.36. The fraction of sp³-hybridized carbons (Fsp3) is 0.167. The number of carbonyl (C=O) groups excluding carboxylic acids is 1. The summed E-state index contributed by atoms with van der Waals surface area (Å²) in [4.78, 5) is 18.2. The molecule has 1 aromatic heterocycles. The molecule has 6 heteroatoms. The van der Waals surface area contributed by atoms with Crippen molar-refractivity contribution in [3.05, 3.63) is 87.9 Å². The molecule has 0 saturated heterocycles. The van der Waals surface area contributed by atoms with Gasteiger partial charge in [0, 0.05) is 16.1 Å². The summed E-state index contributed by atoms with van der Waals surface area (Å²) in [6, 6.07) is 14.3. The molecular weight excluding hydrogens is 406 g/mol. The average molecular weight is 423 g/mol. The van der Waals surface area contributed by atoms with Gasteiger partial charge in [0.15, 0.2) is 11.6 Å². The van der Waals surface area contributed by atoms with E-state index in [1.807, 2.05) is 12.1 Å². The quantitative estimate of drug-likeness (QED) is 0.385. The summed E-state index contributed by atoms with van der Waals surface area (Å²) in [5, 5.41) is 0.508. The lowest BCUT2D eigenvalue weighted by Crippen LogP contribution is -2.15. The second-order valence-corrected chi connectivity index (χ2v) is 7.92. The van der Waals surface area contributed by atoms with Crippen LogP contribution in [0.4, 0.5) is 8.78 Å². The molecule has 30 heavy (non-hydrogen) atoms. The van der Waals surface area contributed by atoms with Crippen LogP contribution in [-0.2, 0) is 12.8 Å². The van der Waals surface area contributed by atoms with Crippen molar-refractivity contribution in [2.45, 2.75) is 25.7 Å². The summed E-state index contributed by atoms with van der Waals surface area (Å²) in [5.74, 6) is -2.04. The Hall–Kier alpha value is -3.05. The minimum Gasteiger partial charge on any atom is -0.268 e. The van der Waals surface area contributed by atoms with Gasteiger partial charge in [0.25, 0.3) is 5.91 Å². The Morgan fingerprint density at radius 2 is 1.80 bits per heavy atom. The molecule has 0 spiro atoms. The maximum atomic E-state index is 13.8. The molecular formula is C24H17ClF2N2O. The third kappa shape index (κ3) is 3.10. The van der Waals surface area contributed by atoms with Gasteiger partial charge in [0.2, 0.25) is 0 Å². The first-order valence-electron chi connectivity index (χ1n) is 9.82. The zero-order valence-corrected chi connectivity index (χ0v) is 16.7. The van der Waals surface area contributed by atoms with Crippen molar-refractivity contribution < 1.29 is 13.6 Å². The highest BCUT2D eigenvalue weighted by atomic mass is 35.5. The van der Waals surface area contributed by atoms with Gasteiger partial charge in [-0.2, -0.15) is 0 Å². The Labute approximate surface area is 176 Å². The van der Waals surface area contributed by atoms with Crippen LogP contribution in [0.2, 0.25) is 5.02 Å². The van der Waals surface area contributed by atoms with Crippen molar-refractivity contribution in [2.24, 2.45) is 0 Å². The predicted molar refractivity (Wildman–Crippen MR) is 113 cm³/mol. The maximum Gasteiger partial charge on any atom is 0.264 e. The third-order valence-corrected chi connectivity index (χ3v) is 5.86. The van der Waals surface area contributed by atoms with E-state index in [1.165, 1.54) is 21.8 Å². The Morgan fingerprint density at radius 1 is 0.967 bits per heavy atom. The topological polar surface area (TPSA) is 34.9 Å². The molecule has 1 aliphatic rings. The molecule has 0 fully saturated rings. The van der Waals surface area contributed by atoms with E-state index in [2.05, 4.69) is 6.07 Å². The van der Waals surface area contributed by atoms with Crippen LogP contribution < -0.4 is 0 Å². The summed E-state index contributed by atoms with van der Waals surface area (Å²) >= 11 is 6.15. The van der Waals surface area contributed by atoms with E-state index in [-0.39, 0.29) is 5.56 Å². The van der Waals surface area contributed by atoms with Gasteiger partial charge in [0.1, 0.15) is 5.82 Å². The largest absolute Gasteiger partial charge is 0.268 e. The van der Waals surface area contributed by atoms with Crippen molar-refractivity contribution in [2.75, 3.05) is 0 Å². The molecule has 5 rings (SSSR count). The summed E-state index contributed by atoms with van der Waals surface area (Å²) < 4.78 is 28.7. The number of hydrogen-bond acceptors (Lipinski definition) is 2. The lowest BCUT2D eigenvalue weighted by atomic mass is 9.88. The first-order chi connectivity index (χ1) is 14.5. The maximum absolute atomic E-state index is 13.8. The van der Waals surface area contributed by atoms with E-state index >= 15 is 0 Å². The van der Waals surface area contributed by atoms with Gasteiger partial charge < -0.3 is 0 Å². The smallest absolute Gasteiger partial charge is 0.264 e. The summed E-state index contributed by atoms with van der Waals surface area (Å²) in [6.45, 7) is 0. The van der Waals surface area contributed by atoms with Crippen LogP contribution in [0.25, 0.3) is 22.4 Å². The Kier molecular flexibility index (Phi) is 4.63. The number of rotatable bonds is 2. The SMILES string of the molecule is O=C(c1ccc(F)c(F)c1)n1c(-c2cccc3c2CCCC3)nc2cc(Cl)ccc21. The van der Waals surface area contributed by atoms with Crippen LogP contribution in [0.1, 0.15) is 34.3 Å². The minimum absolute atomic E-state index is 0.0502. The summed E-state index contributed by atoms with van der Waals surface area (Å²) in [7, 11) is 0. The Bertz CT molecular complexity index is 1310. The molecule has 1 aliphatic carbocycles. The van der Waals surface area contributed by atoms with Gasteiger partial charge in [-0.05, 0) is 73.2 Å². The minimum atomic E-state index is -1.06. The van der Waals surface area contributed by atoms with Crippen LogP contribution in [0, 0.1) is 11.6 Å². The van der Waals surface area contributed by atoms with E-state index in [4.69, 9.17) is 16.6 Å². The fourth-order valence-electron chi connectivity index (χ4n) is 4.19. The predicted octanol–water partition coefficient (Wildman–Crippen LogP) is 6.20. The van der Waals surface area contributed by atoms with E-state index in [9.17, 15) is 13.6 Å². The number of imidazole rings is 1. The van der Waals surface area contributed by atoms with Crippen molar-refractivity contribution in [1.29, 1.82) is 0 Å². The third-order valence-electron chi connectivity index (χ3n) is 5.62. The number of carbonyl (C=O) groups is 1. The second-order valence-electron chi connectivity index (χ2n) is 7.49. The van der Waals surface area contributed by atoms with Crippen molar-refractivity contribution >= 4 is 28.5 Å². The molecule has 0 aliphatic heterocycles. The van der Waals surface area contributed by atoms with E-state index in [0.717, 1.165) is 43.4 Å². The summed E-state index contributed by atoms with van der Waals surface area (Å²) in [6.07, 6.45) is 4.12. The molecule has 0 saturated carbocycles. The molecule has 3 aromatic carbocycles. The number of fused-ring (bicyclic) bond motifs is 2. The molecule has 0 bridgehead atoms. The van der Waals surface area contributed by atoms with E-state index in [1.54, 1.807) is 18.2 Å². The van der Waals surface area contributed by atoms with Crippen LogP contribution in [0.5, 0.6) is 0 Å². The lowest BCUT2D eigenvalue weighted by Gasteiger charge is -2.19. The highest BCUT2D eigenvalue weighted by Gasteiger charge is 2.24. The van der Waals surface area contributed by atoms with Gasteiger partial charge >= 0.3 is 0 Å². The van der Waals surface area contributed by atoms with Crippen molar-refractivity contribution in [1.82, 2.24) is 9.55 Å². The first kappa shape index (κ1) is 18.9. The molecule has 3 nitrogen and oxygen atoms in total. The molecule has 1 heterocycles. The Balaban J connectivity index is 1.77. The monoisotopic (exact) mass is 422 g/mol. The molecule has 0 atom stereocenters. The Morgan fingerprint density at radius 3 is 2.63 bits per heavy atom. The molecule has 0 unspecified atom stereocenters. The first-order valence-corrected chi connectivity index (χ1v) is 10.2. The molecule has 0 radical (unpaired) electrons. The molecule has 4 aromatic rings. The molecule has 150 valence electrons. The number of aryl methyl sites for hydroxylation is 1. The highest BCUT2D eigenvalue weighted by molar-refractivity contribution is 6.31. The van der Waals surface area contributed by atoms with Crippen molar-refractivity contribution in [3.63, 3.8) is 0 Å². The zero-order valence-electron chi connectivity index (χ0n) is 16.0. The number of halogens is 3. The van der Waals surface area contributed by atoms with Crippen LogP contribution in [0.3, 0.4) is 0 Å². The van der Waals surface area contributed by atoms with Crippen LogP contribution >= 0.6 is 11.6 Å². The molecule has 0 N–H and O–H groups in total. The van der Waals surface area contributed by atoms with Crippen LogP contribution in [0.15, 0.2) is 54.6 Å². The summed E-state index contributed by atoms with van der Waals surface area (Å²) in [5.41, 5.74) is 4.52. The van der Waals surface area contributed by atoms with E-state index < -0.39 is 17.5 Å². The van der Waals surface area contributed by atoms with Crippen LogP contribution in [-0.4, -0.2) is 15.5 Å². The lowest BCUT2D eigenvalue weighted by molar-refractivity contribution is 0.0965. The highest BCUT2D eigenvalue weighted by Crippen LogP contribution is 2.34. The van der Waals surface area contributed by atoms with Gasteiger partial charge in [-0.1, -0.05) is 29.8 Å². The van der Waals surface area contributed by atoms with Crippen molar-refractivity contribution in [3.8, 4) is 11.4 Å². The van der Waals surface area contributed by atoms with Gasteiger partial charge in [-0.3, -0.25) is 9.36 Å². The average Bonchev–Trinajstić information content (AvgIpc) is 3.13. The number of nitrogens with zero attached hydrogens (tertiary/aromatic N) is 2. The standard InChI is InChI=1S/C24H17ClF2N2O/c25-16-9-11-22-21(13-16)28-23(18-7-3-5-14-4-1-2-6-17(14)18)29(22)24(30)15-8-10-19(26)20(27)12-15/h3,5,7-13H,1-2,4,6H2. The van der Waals surface area contributed by atoms with Gasteiger partial charge in [-0.15, -0.1) is 0 Å². The van der Waals surface area contributed by atoms with Gasteiger partial charge in [0.05, 0.1) is 11.0 Å². The van der Waals surface area contributed by atoms with E-state index in [0.29, 0.717) is 21.9 Å².